The van der Waals surface area contributed by atoms with E-state index in [0.29, 0.717) is 24.4 Å². The average molecular weight is 468 g/mol. The van der Waals surface area contributed by atoms with Gasteiger partial charge in [-0.2, -0.15) is 0 Å². The number of anilines is 1. The third-order valence-electron chi connectivity index (χ3n) is 4.80. The van der Waals surface area contributed by atoms with Gasteiger partial charge in [0.05, 0.1) is 9.79 Å². The van der Waals surface area contributed by atoms with Gasteiger partial charge >= 0.3 is 0 Å². The number of sulfonamides is 2. The van der Waals surface area contributed by atoms with Crippen LogP contribution in [-0.4, -0.2) is 60.8 Å². The molecule has 9 nitrogen and oxygen atoms in total. The molecule has 1 heterocycles. The van der Waals surface area contributed by atoms with Crippen LogP contribution in [0.5, 0.6) is 5.75 Å². The van der Waals surface area contributed by atoms with Crippen molar-refractivity contribution in [2.45, 2.75) is 22.6 Å². The molecule has 2 aromatic carbocycles. The van der Waals surface area contributed by atoms with Crippen LogP contribution in [0.15, 0.2) is 58.3 Å². The molecule has 0 saturated carbocycles. The van der Waals surface area contributed by atoms with E-state index in [0.717, 1.165) is 10.7 Å². The zero-order valence-corrected chi connectivity index (χ0v) is 18.9. The van der Waals surface area contributed by atoms with Crippen LogP contribution < -0.4 is 14.4 Å². The van der Waals surface area contributed by atoms with Crippen molar-refractivity contribution in [1.82, 2.24) is 9.03 Å². The number of nitrogens with zero attached hydrogens (tertiary/aromatic N) is 2. The molecule has 11 heteroatoms. The van der Waals surface area contributed by atoms with Gasteiger partial charge in [0, 0.05) is 39.3 Å². The summed E-state index contributed by atoms with van der Waals surface area (Å²) in [7, 11) is -4.34. The van der Waals surface area contributed by atoms with Crippen LogP contribution in [0.4, 0.5) is 5.69 Å². The summed E-state index contributed by atoms with van der Waals surface area (Å²) in [6.07, 6.45) is 1.31. The Morgan fingerprint density at radius 3 is 2.13 bits per heavy atom. The fourth-order valence-corrected chi connectivity index (χ4v) is 4.99. The second-order valence-electron chi connectivity index (χ2n) is 7.15. The van der Waals surface area contributed by atoms with Crippen LogP contribution in [0.2, 0.25) is 0 Å². The maximum absolute atomic E-state index is 12.4. The van der Waals surface area contributed by atoms with Crippen molar-refractivity contribution in [1.29, 1.82) is 0 Å². The van der Waals surface area contributed by atoms with Gasteiger partial charge in [0.2, 0.25) is 26.0 Å². The molecule has 2 aromatic rings. The van der Waals surface area contributed by atoms with E-state index < -0.39 is 20.0 Å². The molecule has 1 amide bonds. The summed E-state index contributed by atoms with van der Waals surface area (Å²) in [5.41, 5.74) is 0.685. The van der Waals surface area contributed by atoms with Crippen LogP contribution in [-0.2, 0) is 24.8 Å². The first kappa shape index (κ1) is 23.2. The molecule has 1 N–H and O–H groups in total. The minimum absolute atomic E-state index is 0.0342. The average Bonchev–Trinajstić information content (AvgIpc) is 3.17. The van der Waals surface area contributed by atoms with E-state index in [-0.39, 0.29) is 28.8 Å². The van der Waals surface area contributed by atoms with Crippen molar-refractivity contribution in [2.75, 3.05) is 38.7 Å². The van der Waals surface area contributed by atoms with Crippen molar-refractivity contribution in [3.05, 3.63) is 48.5 Å². The first-order valence-corrected chi connectivity index (χ1v) is 12.6. The zero-order valence-electron chi connectivity index (χ0n) is 17.3. The quantitative estimate of drug-likeness (QED) is 0.558. The molecule has 0 unspecified atom stereocenters. The lowest BCUT2D eigenvalue weighted by molar-refractivity contribution is -0.117. The molecule has 0 bridgehead atoms. The van der Waals surface area contributed by atoms with Crippen LogP contribution in [0, 0.1) is 0 Å². The number of hydrogen-bond donors (Lipinski definition) is 1. The molecule has 1 aliphatic heterocycles. The van der Waals surface area contributed by atoms with E-state index in [1.807, 2.05) is 0 Å². The van der Waals surface area contributed by atoms with Crippen molar-refractivity contribution in [3.63, 3.8) is 0 Å². The minimum atomic E-state index is -3.72. The predicted octanol–water partition coefficient (Wildman–Crippen LogP) is 1.42. The lowest BCUT2D eigenvalue weighted by atomic mass is 10.3. The van der Waals surface area contributed by atoms with Gasteiger partial charge in [-0.3, -0.25) is 4.79 Å². The van der Waals surface area contributed by atoms with Gasteiger partial charge in [0.1, 0.15) is 12.4 Å². The summed E-state index contributed by atoms with van der Waals surface area (Å²) < 4.78 is 58.0. The van der Waals surface area contributed by atoms with Crippen molar-refractivity contribution in [2.24, 2.45) is 0 Å². The lowest BCUT2D eigenvalue weighted by Crippen LogP contribution is -2.28. The Bertz CT molecular complexity index is 1130. The van der Waals surface area contributed by atoms with E-state index in [1.165, 1.54) is 50.5 Å². The monoisotopic (exact) mass is 467 g/mol. The number of rotatable bonds is 9. The Hall–Kier alpha value is -2.47. The normalized spacial score (nSPS) is 14.9. The second kappa shape index (κ2) is 9.35. The Morgan fingerprint density at radius 2 is 1.58 bits per heavy atom. The molecule has 0 spiro atoms. The number of amides is 1. The lowest BCUT2D eigenvalue weighted by Gasteiger charge is -2.16. The molecule has 1 aliphatic rings. The summed E-state index contributed by atoms with van der Waals surface area (Å²) in [5, 5.41) is 0. The zero-order chi connectivity index (χ0) is 22.6. The standard InChI is InChI=1S/C20H25N3O6S2/c1-22(2)31(27,28)19-11-7-17(8-12-19)29-15-13-21-30(25,26)18-9-5-16(6-10-18)23-14-3-4-20(23)24/h5-12,21H,3-4,13-15H2,1-2H3. The molecule has 0 aromatic heterocycles. The molecule has 3 rings (SSSR count). The van der Waals surface area contributed by atoms with Gasteiger partial charge in [0.25, 0.3) is 0 Å². The van der Waals surface area contributed by atoms with E-state index in [1.54, 1.807) is 17.0 Å². The van der Waals surface area contributed by atoms with Crippen LogP contribution in [0.25, 0.3) is 0 Å². The smallest absolute Gasteiger partial charge is 0.242 e. The summed E-state index contributed by atoms with van der Waals surface area (Å²) in [5.74, 6) is 0.467. The summed E-state index contributed by atoms with van der Waals surface area (Å²) in [4.78, 5) is 13.7. The Balaban J connectivity index is 1.52. The van der Waals surface area contributed by atoms with E-state index >= 15 is 0 Å². The summed E-state index contributed by atoms with van der Waals surface area (Å²) in [6, 6.07) is 12.1. The van der Waals surface area contributed by atoms with Crippen molar-refractivity contribution in [3.8, 4) is 5.75 Å². The third kappa shape index (κ3) is 5.42. The number of hydrogen-bond acceptors (Lipinski definition) is 6. The number of ether oxygens (including phenoxy) is 1. The number of carbonyl (C=O) groups is 1. The number of nitrogens with one attached hydrogen (secondary N) is 1. The molecular formula is C20H25N3O6S2. The SMILES string of the molecule is CN(C)S(=O)(=O)c1ccc(OCCNS(=O)(=O)c2ccc(N3CCCC3=O)cc2)cc1. The van der Waals surface area contributed by atoms with Crippen LogP contribution in [0.3, 0.4) is 0 Å². The van der Waals surface area contributed by atoms with E-state index in [9.17, 15) is 21.6 Å². The second-order valence-corrected chi connectivity index (χ2v) is 11.1. The highest BCUT2D eigenvalue weighted by atomic mass is 32.2. The number of carbonyl (C=O) groups excluding carboxylic acids is 1. The maximum atomic E-state index is 12.4. The molecule has 0 radical (unpaired) electrons. The maximum Gasteiger partial charge on any atom is 0.242 e. The highest BCUT2D eigenvalue weighted by molar-refractivity contribution is 7.89. The van der Waals surface area contributed by atoms with Crippen molar-refractivity contribution >= 4 is 31.6 Å². The number of benzene rings is 2. The first-order chi connectivity index (χ1) is 14.6. The van der Waals surface area contributed by atoms with Gasteiger partial charge in [-0.05, 0) is 55.0 Å². The van der Waals surface area contributed by atoms with Crippen molar-refractivity contribution < 1.29 is 26.4 Å². The van der Waals surface area contributed by atoms with Gasteiger partial charge < -0.3 is 9.64 Å². The minimum Gasteiger partial charge on any atom is -0.492 e. The molecule has 1 saturated heterocycles. The third-order valence-corrected chi connectivity index (χ3v) is 8.10. The summed E-state index contributed by atoms with van der Waals surface area (Å²) >= 11 is 0. The molecule has 1 fully saturated rings. The van der Waals surface area contributed by atoms with Gasteiger partial charge in [-0.15, -0.1) is 0 Å². The molecule has 31 heavy (non-hydrogen) atoms. The van der Waals surface area contributed by atoms with E-state index in [2.05, 4.69) is 4.72 Å². The fourth-order valence-electron chi connectivity index (χ4n) is 3.07. The van der Waals surface area contributed by atoms with Gasteiger partial charge in [-0.25, -0.2) is 25.9 Å². The van der Waals surface area contributed by atoms with Gasteiger partial charge in [-0.1, -0.05) is 0 Å². The topological polar surface area (TPSA) is 113 Å². The van der Waals surface area contributed by atoms with Crippen LogP contribution in [0.1, 0.15) is 12.8 Å². The molecular weight excluding hydrogens is 442 g/mol. The molecule has 168 valence electrons. The highest BCUT2D eigenvalue weighted by Crippen LogP contribution is 2.23. The Labute approximate surface area is 182 Å². The first-order valence-electron chi connectivity index (χ1n) is 9.67. The largest absolute Gasteiger partial charge is 0.492 e. The molecule has 0 aliphatic carbocycles. The van der Waals surface area contributed by atoms with Crippen LogP contribution >= 0.6 is 0 Å². The van der Waals surface area contributed by atoms with E-state index in [4.69, 9.17) is 4.74 Å². The summed E-state index contributed by atoms with van der Waals surface area (Å²) in [6.45, 7) is 0.744. The van der Waals surface area contributed by atoms with Gasteiger partial charge in [0.15, 0.2) is 0 Å². The fraction of sp³-hybridized carbons (Fsp3) is 0.350. The Kier molecular flexibility index (Phi) is 6.99. The Morgan fingerprint density at radius 1 is 0.968 bits per heavy atom. The highest BCUT2D eigenvalue weighted by Gasteiger charge is 2.22. The predicted molar refractivity (Wildman–Crippen MR) is 116 cm³/mol. The molecule has 0 atom stereocenters.